The Morgan fingerprint density at radius 1 is 1.14 bits per heavy atom. The lowest BCUT2D eigenvalue weighted by molar-refractivity contribution is 0.475. The van der Waals surface area contributed by atoms with E-state index in [1.165, 1.54) is 5.56 Å². The van der Waals surface area contributed by atoms with Gasteiger partial charge in [-0.1, -0.05) is 30.7 Å². The van der Waals surface area contributed by atoms with E-state index in [0.29, 0.717) is 5.02 Å². The van der Waals surface area contributed by atoms with Crippen LogP contribution in [0.1, 0.15) is 24.5 Å². The Labute approximate surface area is 139 Å². The third-order valence-electron chi connectivity index (χ3n) is 3.12. The molecule has 0 aromatic heterocycles. The van der Waals surface area contributed by atoms with Crippen LogP contribution in [0.15, 0.2) is 40.9 Å². The largest absolute Gasteiger partial charge is 0.456 e. The van der Waals surface area contributed by atoms with Crippen molar-refractivity contribution in [3.05, 3.63) is 57.0 Å². The van der Waals surface area contributed by atoms with Crippen LogP contribution in [0.4, 0.5) is 0 Å². The minimum absolute atomic E-state index is 0.684. The first-order valence-corrected chi connectivity index (χ1v) is 8.20. The van der Waals surface area contributed by atoms with Gasteiger partial charge in [-0.3, -0.25) is 0 Å². The second-order valence-corrected chi connectivity index (χ2v) is 6.24. The molecule has 0 fully saturated rings. The lowest BCUT2D eigenvalue weighted by atomic mass is 10.1. The van der Waals surface area contributed by atoms with Gasteiger partial charge >= 0.3 is 0 Å². The molecule has 2 nitrogen and oxygen atoms in total. The smallest absolute Gasteiger partial charge is 0.141 e. The summed E-state index contributed by atoms with van der Waals surface area (Å²) in [7, 11) is 0. The molecule has 0 aliphatic rings. The molecule has 0 aliphatic heterocycles. The number of hydrogen-bond acceptors (Lipinski definition) is 2. The van der Waals surface area contributed by atoms with E-state index >= 15 is 0 Å². The molecule has 0 spiro atoms. The molecular formula is C17H19BrClNO. The molecule has 112 valence electrons. The molecule has 0 atom stereocenters. The molecular weight excluding hydrogens is 350 g/mol. The van der Waals surface area contributed by atoms with Crippen molar-refractivity contribution in [1.29, 1.82) is 0 Å². The second-order valence-electron chi connectivity index (χ2n) is 4.95. The maximum atomic E-state index is 6.01. The van der Waals surface area contributed by atoms with Crippen LogP contribution < -0.4 is 10.1 Å². The molecule has 1 N–H and O–H groups in total. The average molecular weight is 369 g/mol. The number of rotatable bonds is 6. The molecule has 21 heavy (non-hydrogen) atoms. The van der Waals surface area contributed by atoms with Gasteiger partial charge in [-0.05, 0) is 71.2 Å². The molecule has 2 aromatic carbocycles. The predicted octanol–water partition coefficient (Wildman–Crippen LogP) is 5.70. The van der Waals surface area contributed by atoms with Crippen molar-refractivity contribution in [1.82, 2.24) is 5.32 Å². The van der Waals surface area contributed by atoms with Crippen molar-refractivity contribution < 1.29 is 4.74 Å². The molecule has 2 rings (SSSR count). The van der Waals surface area contributed by atoms with Gasteiger partial charge in [-0.2, -0.15) is 0 Å². The number of hydrogen-bond donors (Lipinski definition) is 1. The van der Waals surface area contributed by atoms with E-state index in [0.717, 1.165) is 41.0 Å². The van der Waals surface area contributed by atoms with Gasteiger partial charge in [0, 0.05) is 11.6 Å². The molecule has 0 saturated carbocycles. The van der Waals surface area contributed by atoms with Crippen molar-refractivity contribution in [2.75, 3.05) is 6.54 Å². The van der Waals surface area contributed by atoms with Crippen LogP contribution in [-0.2, 0) is 6.54 Å². The van der Waals surface area contributed by atoms with Crippen LogP contribution in [0, 0.1) is 6.92 Å². The van der Waals surface area contributed by atoms with Gasteiger partial charge in [0.25, 0.3) is 0 Å². The maximum Gasteiger partial charge on any atom is 0.141 e. The highest BCUT2D eigenvalue weighted by Crippen LogP contribution is 2.33. The van der Waals surface area contributed by atoms with Gasteiger partial charge in [0.2, 0.25) is 0 Å². The highest BCUT2D eigenvalue weighted by atomic mass is 79.9. The molecule has 0 radical (unpaired) electrons. The molecule has 0 unspecified atom stereocenters. The lowest BCUT2D eigenvalue weighted by Gasteiger charge is -2.12. The van der Waals surface area contributed by atoms with Crippen molar-refractivity contribution in [2.24, 2.45) is 0 Å². The van der Waals surface area contributed by atoms with E-state index in [1.807, 2.05) is 25.1 Å². The number of ether oxygens (including phenoxy) is 1. The van der Waals surface area contributed by atoms with Crippen molar-refractivity contribution in [3.63, 3.8) is 0 Å². The van der Waals surface area contributed by atoms with Crippen LogP contribution in [0.3, 0.4) is 0 Å². The van der Waals surface area contributed by atoms with Gasteiger partial charge < -0.3 is 10.1 Å². The van der Waals surface area contributed by atoms with Crippen molar-refractivity contribution >= 4 is 27.5 Å². The Bertz CT molecular complexity index is 616. The fourth-order valence-corrected chi connectivity index (χ4v) is 2.71. The topological polar surface area (TPSA) is 21.3 Å². The fourth-order valence-electron chi connectivity index (χ4n) is 1.95. The second kappa shape index (κ2) is 7.83. The Morgan fingerprint density at radius 3 is 2.67 bits per heavy atom. The van der Waals surface area contributed by atoms with E-state index < -0.39 is 0 Å². The van der Waals surface area contributed by atoms with E-state index in [2.05, 4.69) is 46.4 Å². The monoisotopic (exact) mass is 367 g/mol. The first-order chi connectivity index (χ1) is 10.1. The quantitative estimate of drug-likeness (QED) is 0.660. The summed E-state index contributed by atoms with van der Waals surface area (Å²) in [5.74, 6) is 1.63. The molecule has 0 amide bonds. The van der Waals surface area contributed by atoms with Crippen molar-refractivity contribution in [2.45, 2.75) is 26.8 Å². The van der Waals surface area contributed by atoms with E-state index in [4.69, 9.17) is 16.3 Å². The van der Waals surface area contributed by atoms with Gasteiger partial charge in [-0.15, -0.1) is 0 Å². The standard InChI is InChI=1S/C17H19BrClNO/c1-3-8-20-11-13-5-4-12(2)17(9-13)21-16-7-6-14(19)10-15(16)18/h4-7,9-10,20H,3,8,11H2,1-2H3. The van der Waals surface area contributed by atoms with E-state index in [1.54, 1.807) is 0 Å². The molecule has 4 heteroatoms. The number of aryl methyl sites for hydroxylation is 1. The Morgan fingerprint density at radius 2 is 1.95 bits per heavy atom. The Hall–Kier alpha value is -1.03. The Balaban J connectivity index is 2.16. The van der Waals surface area contributed by atoms with E-state index in [-0.39, 0.29) is 0 Å². The summed E-state index contributed by atoms with van der Waals surface area (Å²) >= 11 is 9.43. The van der Waals surface area contributed by atoms with Crippen LogP contribution in [0.5, 0.6) is 11.5 Å². The van der Waals surface area contributed by atoms with Crippen LogP contribution in [0.25, 0.3) is 0 Å². The Kier molecular flexibility index (Phi) is 6.09. The summed E-state index contributed by atoms with van der Waals surface area (Å²) in [6.07, 6.45) is 1.13. The predicted molar refractivity (Wildman–Crippen MR) is 92.4 cm³/mol. The maximum absolute atomic E-state index is 6.01. The zero-order chi connectivity index (χ0) is 15.2. The third kappa shape index (κ3) is 4.73. The zero-order valence-corrected chi connectivity index (χ0v) is 14.6. The summed E-state index contributed by atoms with van der Waals surface area (Å²) < 4.78 is 6.86. The summed E-state index contributed by atoms with van der Waals surface area (Å²) in [6.45, 7) is 6.08. The van der Waals surface area contributed by atoms with Crippen LogP contribution in [0.2, 0.25) is 5.02 Å². The molecule has 0 saturated heterocycles. The molecule has 0 bridgehead atoms. The van der Waals surface area contributed by atoms with E-state index in [9.17, 15) is 0 Å². The third-order valence-corrected chi connectivity index (χ3v) is 3.98. The average Bonchev–Trinajstić information content (AvgIpc) is 2.45. The normalized spacial score (nSPS) is 10.7. The number of benzene rings is 2. The van der Waals surface area contributed by atoms with Crippen LogP contribution >= 0.6 is 27.5 Å². The fraction of sp³-hybridized carbons (Fsp3) is 0.294. The SMILES string of the molecule is CCCNCc1ccc(C)c(Oc2ccc(Cl)cc2Br)c1. The van der Waals surface area contributed by atoms with Gasteiger partial charge in [0.05, 0.1) is 4.47 Å². The minimum atomic E-state index is 0.684. The summed E-state index contributed by atoms with van der Waals surface area (Å²) in [5.41, 5.74) is 2.32. The van der Waals surface area contributed by atoms with Crippen molar-refractivity contribution in [3.8, 4) is 11.5 Å². The number of halogens is 2. The molecule has 0 aliphatic carbocycles. The lowest BCUT2D eigenvalue weighted by Crippen LogP contribution is -2.13. The summed E-state index contributed by atoms with van der Waals surface area (Å²) in [4.78, 5) is 0. The van der Waals surface area contributed by atoms with Crippen LogP contribution in [-0.4, -0.2) is 6.54 Å². The first kappa shape index (κ1) is 16.3. The highest BCUT2D eigenvalue weighted by molar-refractivity contribution is 9.10. The van der Waals surface area contributed by atoms with Gasteiger partial charge in [0.15, 0.2) is 0 Å². The zero-order valence-electron chi connectivity index (χ0n) is 12.2. The van der Waals surface area contributed by atoms with Gasteiger partial charge in [-0.25, -0.2) is 0 Å². The summed E-state index contributed by atoms with van der Waals surface area (Å²) in [6, 6.07) is 11.8. The minimum Gasteiger partial charge on any atom is -0.456 e. The molecule has 0 heterocycles. The summed E-state index contributed by atoms with van der Waals surface area (Å²) in [5, 5.41) is 4.08. The highest BCUT2D eigenvalue weighted by Gasteiger charge is 2.07. The number of nitrogens with one attached hydrogen (secondary N) is 1. The molecule has 2 aromatic rings. The first-order valence-electron chi connectivity index (χ1n) is 7.03. The van der Waals surface area contributed by atoms with Gasteiger partial charge in [0.1, 0.15) is 11.5 Å².